The van der Waals surface area contributed by atoms with E-state index in [1.165, 1.54) is 14.2 Å². The highest BCUT2D eigenvalue weighted by molar-refractivity contribution is 6.33. The minimum atomic E-state index is -0.540. The van der Waals surface area contributed by atoms with E-state index in [1.807, 2.05) is 13.8 Å². The molecule has 1 rings (SSSR count). The van der Waals surface area contributed by atoms with Gasteiger partial charge in [-0.1, -0.05) is 25.4 Å². The molecule has 0 aliphatic rings. The Morgan fingerprint density at radius 1 is 1.11 bits per heavy atom. The van der Waals surface area contributed by atoms with Crippen LogP contribution in [0.4, 0.5) is 0 Å². The Hall–Kier alpha value is -1.13. The first-order chi connectivity index (χ1) is 8.42. The van der Waals surface area contributed by atoms with E-state index >= 15 is 0 Å². The number of rotatable bonds is 5. The summed E-state index contributed by atoms with van der Waals surface area (Å²) < 4.78 is 15.8. The third-order valence-corrected chi connectivity index (χ3v) is 3.23. The Bertz CT molecular complexity index is 429. The number of aliphatic hydroxyl groups excluding tert-OH is 1. The fourth-order valence-corrected chi connectivity index (χ4v) is 2.32. The van der Waals surface area contributed by atoms with Gasteiger partial charge in [0.15, 0.2) is 11.5 Å². The molecule has 0 fully saturated rings. The van der Waals surface area contributed by atoms with Crippen molar-refractivity contribution >= 4 is 11.6 Å². The summed E-state index contributed by atoms with van der Waals surface area (Å²) in [6.07, 6.45) is 0. The van der Waals surface area contributed by atoms with Crippen molar-refractivity contribution in [2.24, 2.45) is 0 Å². The van der Waals surface area contributed by atoms with Crippen molar-refractivity contribution in [2.45, 2.75) is 19.3 Å². The topological polar surface area (TPSA) is 47.9 Å². The van der Waals surface area contributed by atoms with E-state index in [4.69, 9.17) is 25.8 Å². The van der Waals surface area contributed by atoms with Gasteiger partial charge in [-0.05, 0) is 0 Å². The van der Waals surface area contributed by atoms with E-state index < -0.39 is 5.41 Å². The van der Waals surface area contributed by atoms with Gasteiger partial charge in [0.1, 0.15) is 5.75 Å². The van der Waals surface area contributed by atoms with Crippen LogP contribution in [0.25, 0.3) is 0 Å². The molecule has 0 heterocycles. The monoisotopic (exact) mass is 274 g/mol. The summed E-state index contributed by atoms with van der Waals surface area (Å²) in [7, 11) is 4.60. The van der Waals surface area contributed by atoms with E-state index in [0.29, 0.717) is 27.8 Å². The fourth-order valence-electron chi connectivity index (χ4n) is 1.80. The molecule has 0 saturated heterocycles. The standard InChI is InChI=1S/C13H19ClO4/c1-13(2,7-15)10-8(16-3)6-9(17-4)12(18-5)11(10)14/h6,15H,7H2,1-5H3. The van der Waals surface area contributed by atoms with Gasteiger partial charge < -0.3 is 19.3 Å². The molecule has 18 heavy (non-hydrogen) atoms. The number of methoxy groups -OCH3 is 3. The maximum absolute atomic E-state index is 9.50. The van der Waals surface area contributed by atoms with Crippen LogP contribution in [-0.4, -0.2) is 33.0 Å². The highest BCUT2D eigenvalue weighted by atomic mass is 35.5. The molecule has 0 aliphatic heterocycles. The highest BCUT2D eigenvalue weighted by Crippen LogP contribution is 2.47. The molecule has 0 atom stereocenters. The molecule has 0 bridgehead atoms. The minimum absolute atomic E-state index is 0.0570. The first kappa shape index (κ1) is 14.9. The van der Waals surface area contributed by atoms with Crippen molar-refractivity contribution in [1.82, 2.24) is 0 Å². The SMILES string of the molecule is COc1cc(OC)c(C(C)(C)CO)c(Cl)c1OC. The Morgan fingerprint density at radius 2 is 1.67 bits per heavy atom. The van der Waals surface area contributed by atoms with Crippen LogP contribution in [0.5, 0.6) is 17.2 Å². The first-order valence-corrected chi connectivity index (χ1v) is 5.90. The molecule has 102 valence electrons. The average molecular weight is 275 g/mol. The summed E-state index contributed by atoms with van der Waals surface area (Å²) in [5.41, 5.74) is 0.161. The molecule has 1 N–H and O–H groups in total. The van der Waals surface area contributed by atoms with E-state index in [2.05, 4.69) is 0 Å². The van der Waals surface area contributed by atoms with Crippen LogP contribution in [-0.2, 0) is 5.41 Å². The Labute approximate surface area is 112 Å². The predicted octanol–water partition coefficient (Wildman–Crippen LogP) is 2.64. The maximum atomic E-state index is 9.50. The molecule has 0 amide bonds. The Morgan fingerprint density at radius 3 is 2.06 bits per heavy atom. The number of aliphatic hydroxyl groups is 1. The van der Waals surface area contributed by atoms with Crippen LogP contribution < -0.4 is 14.2 Å². The van der Waals surface area contributed by atoms with Gasteiger partial charge in [-0.25, -0.2) is 0 Å². The van der Waals surface area contributed by atoms with Crippen LogP contribution in [0.2, 0.25) is 5.02 Å². The molecule has 0 spiro atoms. The molecule has 1 aromatic carbocycles. The summed E-state index contributed by atoms with van der Waals surface area (Å²) in [4.78, 5) is 0. The number of ether oxygens (including phenoxy) is 3. The second-order valence-electron chi connectivity index (χ2n) is 4.55. The number of halogens is 1. The third kappa shape index (κ3) is 2.49. The molecule has 0 radical (unpaired) electrons. The van der Waals surface area contributed by atoms with Crippen molar-refractivity contribution in [3.63, 3.8) is 0 Å². The number of hydrogen-bond acceptors (Lipinski definition) is 4. The molecule has 0 saturated carbocycles. The zero-order chi connectivity index (χ0) is 13.9. The second kappa shape index (κ2) is 5.67. The van der Waals surface area contributed by atoms with Crippen LogP contribution in [0.1, 0.15) is 19.4 Å². The zero-order valence-corrected chi connectivity index (χ0v) is 12.1. The molecular weight excluding hydrogens is 256 g/mol. The van der Waals surface area contributed by atoms with Gasteiger partial charge in [0.25, 0.3) is 0 Å². The van der Waals surface area contributed by atoms with Crippen molar-refractivity contribution in [3.8, 4) is 17.2 Å². The third-order valence-electron chi connectivity index (χ3n) is 2.87. The van der Waals surface area contributed by atoms with E-state index in [0.717, 1.165) is 0 Å². The van der Waals surface area contributed by atoms with Gasteiger partial charge in [0, 0.05) is 17.0 Å². The predicted molar refractivity (Wildman–Crippen MR) is 71.2 cm³/mol. The summed E-state index contributed by atoms with van der Waals surface area (Å²) in [5, 5.41) is 9.89. The Kier molecular flexibility index (Phi) is 4.71. The zero-order valence-electron chi connectivity index (χ0n) is 11.3. The van der Waals surface area contributed by atoms with Gasteiger partial charge >= 0.3 is 0 Å². The van der Waals surface area contributed by atoms with Crippen molar-refractivity contribution in [3.05, 3.63) is 16.7 Å². The molecule has 0 aliphatic carbocycles. The van der Waals surface area contributed by atoms with Gasteiger partial charge in [-0.3, -0.25) is 0 Å². The van der Waals surface area contributed by atoms with Crippen molar-refractivity contribution in [2.75, 3.05) is 27.9 Å². The van der Waals surface area contributed by atoms with Gasteiger partial charge in [-0.2, -0.15) is 0 Å². The lowest BCUT2D eigenvalue weighted by Gasteiger charge is -2.27. The van der Waals surface area contributed by atoms with Crippen LogP contribution in [0, 0.1) is 0 Å². The molecular formula is C13H19ClO4. The maximum Gasteiger partial charge on any atom is 0.179 e. The summed E-state index contributed by atoms with van der Waals surface area (Å²) in [6.45, 7) is 3.70. The number of benzene rings is 1. The van der Waals surface area contributed by atoms with E-state index in [9.17, 15) is 5.11 Å². The Balaban J connectivity index is 3.59. The largest absolute Gasteiger partial charge is 0.496 e. The minimum Gasteiger partial charge on any atom is -0.496 e. The summed E-state index contributed by atoms with van der Waals surface area (Å²) >= 11 is 6.34. The lowest BCUT2D eigenvalue weighted by Crippen LogP contribution is -2.23. The molecule has 1 aromatic rings. The van der Waals surface area contributed by atoms with E-state index in [-0.39, 0.29) is 6.61 Å². The summed E-state index contributed by atoms with van der Waals surface area (Å²) in [6, 6.07) is 1.71. The second-order valence-corrected chi connectivity index (χ2v) is 4.92. The quantitative estimate of drug-likeness (QED) is 0.897. The highest BCUT2D eigenvalue weighted by Gasteiger charge is 2.30. The molecule has 0 unspecified atom stereocenters. The molecule has 4 nitrogen and oxygen atoms in total. The lowest BCUT2D eigenvalue weighted by molar-refractivity contribution is 0.214. The first-order valence-electron chi connectivity index (χ1n) is 5.52. The average Bonchev–Trinajstić information content (AvgIpc) is 2.36. The van der Waals surface area contributed by atoms with Crippen molar-refractivity contribution in [1.29, 1.82) is 0 Å². The molecule has 5 heteroatoms. The van der Waals surface area contributed by atoms with Gasteiger partial charge in [0.05, 0.1) is 33.0 Å². The van der Waals surface area contributed by atoms with Gasteiger partial charge in [0.2, 0.25) is 0 Å². The fraction of sp³-hybridized carbons (Fsp3) is 0.538. The van der Waals surface area contributed by atoms with E-state index in [1.54, 1.807) is 13.2 Å². The molecule has 0 aromatic heterocycles. The summed E-state index contributed by atoms with van der Waals surface area (Å²) in [5.74, 6) is 1.50. The normalized spacial score (nSPS) is 11.3. The van der Waals surface area contributed by atoms with Crippen LogP contribution in [0.3, 0.4) is 0 Å². The lowest BCUT2D eigenvalue weighted by atomic mass is 9.84. The van der Waals surface area contributed by atoms with Gasteiger partial charge in [-0.15, -0.1) is 0 Å². The van der Waals surface area contributed by atoms with Crippen LogP contribution in [0.15, 0.2) is 6.07 Å². The smallest absolute Gasteiger partial charge is 0.179 e. The van der Waals surface area contributed by atoms with Crippen LogP contribution >= 0.6 is 11.6 Å². The van der Waals surface area contributed by atoms with Crippen molar-refractivity contribution < 1.29 is 19.3 Å². The number of hydrogen-bond donors (Lipinski definition) is 1.